The van der Waals surface area contributed by atoms with Gasteiger partial charge in [0.2, 0.25) is 0 Å². The van der Waals surface area contributed by atoms with Crippen molar-refractivity contribution in [3.63, 3.8) is 0 Å². The SMILES string of the molecule is CC(N)C1CCN(c2ccc(C#N)cc2Br)C1. The lowest BCUT2D eigenvalue weighted by atomic mass is 10.0. The van der Waals surface area contributed by atoms with Gasteiger partial charge in [0.05, 0.1) is 17.3 Å². The maximum absolute atomic E-state index is 8.83. The summed E-state index contributed by atoms with van der Waals surface area (Å²) in [5, 5.41) is 8.83. The Morgan fingerprint density at radius 2 is 2.35 bits per heavy atom. The highest BCUT2D eigenvalue weighted by atomic mass is 79.9. The minimum absolute atomic E-state index is 0.247. The number of anilines is 1. The van der Waals surface area contributed by atoms with Gasteiger partial charge < -0.3 is 10.6 Å². The van der Waals surface area contributed by atoms with Crippen LogP contribution < -0.4 is 10.6 Å². The summed E-state index contributed by atoms with van der Waals surface area (Å²) in [6.07, 6.45) is 1.14. The summed E-state index contributed by atoms with van der Waals surface area (Å²) in [5.74, 6) is 0.567. The van der Waals surface area contributed by atoms with Crippen LogP contribution in [0.3, 0.4) is 0 Å². The predicted molar refractivity (Wildman–Crippen MR) is 72.8 cm³/mol. The number of benzene rings is 1. The molecule has 2 N–H and O–H groups in total. The highest BCUT2D eigenvalue weighted by Gasteiger charge is 2.26. The van der Waals surface area contributed by atoms with Crippen molar-refractivity contribution in [3.8, 4) is 6.07 Å². The molecule has 2 rings (SSSR count). The molecule has 17 heavy (non-hydrogen) atoms. The Balaban J connectivity index is 2.17. The minimum atomic E-state index is 0.247. The average molecular weight is 294 g/mol. The fraction of sp³-hybridized carbons (Fsp3) is 0.462. The number of nitriles is 1. The van der Waals surface area contributed by atoms with Gasteiger partial charge in [-0.25, -0.2) is 0 Å². The molecule has 0 aliphatic carbocycles. The fourth-order valence-corrected chi connectivity index (χ4v) is 2.90. The van der Waals surface area contributed by atoms with E-state index in [4.69, 9.17) is 11.0 Å². The number of nitrogens with zero attached hydrogens (tertiary/aromatic N) is 2. The van der Waals surface area contributed by atoms with E-state index in [1.165, 1.54) is 0 Å². The van der Waals surface area contributed by atoms with E-state index < -0.39 is 0 Å². The zero-order valence-electron chi connectivity index (χ0n) is 9.86. The van der Waals surface area contributed by atoms with Gasteiger partial charge in [0.15, 0.2) is 0 Å². The fourth-order valence-electron chi connectivity index (χ4n) is 2.27. The van der Waals surface area contributed by atoms with Gasteiger partial charge >= 0.3 is 0 Å². The average Bonchev–Trinajstić information content (AvgIpc) is 2.78. The third kappa shape index (κ3) is 2.62. The van der Waals surface area contributed by atoms with Gasteiger partial charge in [-0.05, 0) is 53.4 Å². The van der Waals surface area contributed by atoms with Crippen LogP contribution in [0.5, 0.6) is 0 Å². The molecule has 1 heterocycles. The van der Waals surface area contributed by atoms with E-state index in [9.17, 15) is 0 Å². The van der Waals surface area contributed by atoms with Crippen molar-refractivity contribution >= 4 is 21.6 Å². The first-order valence-electron chi connectivity index (χ1n) is 5.82. The molecular formula is C13H16BrN3. The monoisotopic (exact) mass is 293 g/mol. The number of hydrogen-bond acceptors (Lipinski definition) is 3. The molecule has 0 saturated carbocycles. The number of halogens is 1. The summed E-state index contributed by atoms with van der Waals surface area (Å²) >= 11 is 3.53. The first-order valence-corrected chi connectivity index (χ1v) is 6.61. The Morgan fingerprint density at radius 1 is 1.59 bits per heavy atom. The van der Waals surface area contributed by atoms with Crippen LogP contribution in [0.25, 0.3) is 0 Å². The second-order valence-electron chi connectivity index (χ2n) is 4.63. The number of nitrogens with two attached hydrogens (primary N) is 1. The molecule has 4 heteroatoms. The molecule has 1 aliphatic rings. The molecule has 1 fully saturated rings. The van der Waals surface area contributed by atoms with Crippen LogP contribution in [0.1, 0.15) is 18.9 Å². The Hall–Kier alpha value is -1.05. The maximum atomic E-state index is 8.83. The van der Waals surface area contributed by atoms with Crippen LogP contribution in [0.4, 0.5) is 5.69 Å². The molecule has 0 aromatic heterocycles. The molecule has 0 amide bonds. The summed E-state index contributed by atoms with van der Waals surface area (Å²) in [6.45, 7) is 4.11. The van der Waals surface area contributed by atoms with E-state index in [0.717, 1.165) is 29.7 Å². The smallest absolute Gasteiger partial charge is 0.0992 e. The molecular weight excluding hydrogens is 278 g/mol. The molecule has 1 saturated heterocycles. The summed E-state index contributed by atoms with van der Waals surface area (Å²) in [7, 11) is 0. The van der Waals surface area contributed by atoms with Gasteiger partial charge in [-0.1, -0.05) is 0 Å². The number of rotatable bonds is 2. The van der Waals surface area contributed by atoms with Crippen molar-refractivity contribution in [2.45, 2.75) is 19.4 Å². The molecule has 3 nitrogen and oxygen atoms in total. The lowest BCUT2D eigenvalue weighted by Crippen LogP contribution is -2.29. The maximum Gasteiger partial charge on any atom is 0.0992 e. The largest absolute Gasteiger partial charge is 0.370 e. The first-order chi connectivity index (χ1) is 8.11. The predicted octanol–water partition coefficient (Wildman–Crippen LogP) is 2.49. The second kappa shape index (κ2) is 5.07. The Kier molecular flexibility index (Phi) is 3.70. The highest BCUT2D eigenvalue weighted by molar-refractivity contribution is 9.10. The highest BCUT2D eigenvalue weighted by Crippen LogP contribution is 2.31. The molecule has 90 valence electrons. The van der Waals surface area contributed by atoms with Gasteiger partial charge in [0.1, 0.15) is 0 Å². The topological polar surface area (TPSA) is 53.0 Å². The minimum Gasteiger partial charge on any atom is -0.370 e. The lowest BCUT2D eigenvalue weighted by molar-refractivity contribution is 0.488. The van der Waals surface area contributed by atoms with Crippen molar-refractivity contribution in [2.75, 3.05) is 18.0 Å². The Labute approximate surface area is 110 Å². The molecule has 2 atom stereocenters. The normalized spacial score (nSPS) is 21.3. The summed E-state index contributed by atoms with van der Waals surface area (Å²) in [4.78, 5) is 2.33. The van der Waals surface area contributed by atoms with Crippen LogP contribution in [0, 0.1) is 17.2 Å². The van der Waals surface area contributed by atoms with Crippen LogP contribution in [0.15, 0.2) is 22.7 Å². The summed E-state index contributed by atoms with van der Waals surface area (Å²) < 4.78 is 0.988. The third-order valence-electron chi connectivity index (χ3n) is 3.39. The van der Waals surface area contributed by atoms with Gasteiger partial charge in [-0.15, -0.1) is 0 Å². The standard InChI is InChI=1S/C13H16BrN3/c1-9(16)11-4-5-17(8-11)13-3-2-10(7-15)6-12(13)14/h2-3,6,9,11H,4-5,8,16H2,1H3. The third-order valence-corrected chi connectivity index (χ3v) is 4.02. The number of hydrogen-bond donors (Lipinski definition) is 1. The van der Waals surface area contributed by atoms with Crippen molar-refractivity contribution in [3.05, 3.63) is 28.2 Å². The second-order valence-corrected chi connectivity index (χ2v) is 5.49. The van der Waals surface area contributed by atoms with E-state index in [1.54, 1.807) is 0 Å². The molecule has 1 aromatic rings. The van der Waals surface area contributed by atoms with Crippen LogP contribution >= 0.6 is 15.9 Å². The Bertz CT molecular complexity index is 450. The summed E-state index contributed by atoms with van der Waals surface area (Å²) in [5.41, 5.74) is 7.78. The van der Waals surface area contributed by atoms with Crippen LogP contribution in [0.2, 0.25) is 0 Å². The van der Waals surface area contributed by atoms with E-state index in [2.05, 4.69) is 33.8 Å². The van der Waals surface area contributed by atoms with Crippen LogP contribution in [-0.4, -0.2) is 19.1 Å². The zero-order valence-corrected chi connectivity index (χ0v) is 11.4. The van der Waals surface area contributed by atoms with Gasteiger partial charge in [0.25, 0.3) is 0 Å². The lowest BCUT2D eigenvalue weighted by Gasteiger charge is -2.21. The van der Waals surface area contributed by atoms with E-state index in [-0.39, 0.29) is 6.04 Å². The van der Waals surface area contributed by atoms with Gasteiger partial charge in [-0.3, -0.25) is 0 Å². The van der Waals surface area contributed by atoms with Crippen LogP contribution in [-0.2, 0) is 0 Å². The van der Waals surface area contributed by atoms with Crippen molar-refractivity contribution in [1.29, 1.82) is 5.26 Å². The van der Waals surface area contributed by atoms with E-state index >= 15 is 0 Å². The molecule has 2 unspecified atom stereocenters. The van der Waals surface area contributed by atoms with Gasteiger partial charge in [0, 0.05) is 23.6 Å². The van der Waals surface area contributed by atoms with Crippen molar-refractivity contribution in [2.24, 2.45) is 11.7 Å². The van der Waals surface area contributed by atoms with E-state index in [0.29, 0.717) is 11.5 Å². The van der Waals surface area contributed by atoms with Gasteiger partial charge in [-0.2, -0.15) is 5.26 Å². The molecule has 1 aromatic carbocycles. The van der Waals surface area contributed by atoms with E-state index in [1.807, 2.05) is 18.2 Å². The van der Waals surface area contributed by atoms with Crippen molar-refractivity contribution < 1.29 is 0 Å². The molecule has 0 radical (unpaired) electrons. The van der Waals surface area contributed by atoms with Crippen molar-refractivity contribution in [1.82, 2.24) is 0 Å². The summed E-state index contributed by atoms with van der Waals surface area (Å²) in [6, 6.07) is 8.13. The molecule has 0 spiro atoms. The molecule has 0 bridgehead atoms. The first kappa shape index (κ1) is 12.4. The Morgan fingerprint density at radius 3 is 2.88 bits per heavy atom. The molecule has 1 aliphatic heterocycles. The quantitative estimate of drug-likeness (QED) is 0.911. The zero-order chi connectivity index (χ0) is 12.4.